The summed E-state index contributed by atoms with van der Waals surface area (Å²) in [7, 11) is -3.77. The first kappa shape index (κ1) is 19.1. The van der Waals surface area contributed by atoms with E-state index < -0.39 is 12.7 Å². The Balaban J connectivity index is 1.39. The lowest BCUT2D eigenvalue weighted by Gasteiger charge is -2.42. The third-order valence-corrected chi connectivity index (χ3v) is 6.43. The first-order valence-corrected chi connectivity index (χ1v) is 10.6. The number of nitro benzene ring substituents is 1. The summed E-state index contributed by atoms with van der Waals surface area (Å²) in [5.41, 5.74) is 1.15. The molecular weight excluding hydrogens is 383 g/mol. The molecule has 2 saturated heterocycles. The quantitative estimate of drug-likeness (QED) is 0.422. The molecule has 2 aliphatic heterocycles. The molecule has 148 valence electrons. The van der Waals surface area contributed by atoms with Crippen molar-refractivity contribution in [2.75, 3.05) is 19.7 Å². The highest BCUT2D eigenvalue weighted by Gasteiger charge is 2.44. The third kappa shape index (κ3) is 4.42. The number of phosphoric ester groups is 1. The molecule has 1 unspecified atom stereocenters. The van der Waals surface area contributed by atoms with Crippen LogP contribution in [0.5, 0.6) is 5.75 Å². The minimum atomic E-state index is -3.77. The van der Waals surface area contributed by atoms with Gasteiger partial charge in [0.05, 0.1) is 17.6 Å². The van der Waals surface area contributed by atoms with E-state index in [1.54, 1.807) is 0 Å². The van der Waals surface area contributed by atoms with Gasteiger partial charge in [-0.1, -0.05) is 30.3 Å². The molecule has 0 N–H and O–H groups in total. The minimum absolute atomic E-state index is 0.0694. The van der Waals surface area contributed by atoms with Gasteiger partial charge in [0.1, 0.15) is 5.75 Å². The normalized spacial score (nSPS) is 27.7. The van der Waals surface area contributed by atoms with Crippen LogP contribution in [0.2, 0.25) is 0 Å². The van der Waals surface area contributed by atoms with Crippen LogP contribution in [0.25, 0.3) is 0 Å². The van der Waals surface area contributed by atoms with Gasteiger partial charge in [-0.3, -0.25) is 24.1 Å². The van der Waals surface area contributed by atoms with E-state index >= 15 is 0 Å². The highest BCUT2D eigenvalue weighted by molar-refractivity contribution is 7.49. The predicted molar refractivity (Wildman–Crippen MR) is 102 cm³/mol. The zero-order valence-electron chi connectivity index (χ0n) is 15.2. The molecule has 28 heavy (non-hydrogen) atoms. The molecule has 0 radical (unpaired) electrons. The van der Waals surface area contributed by atoms with E-state index in [1.165, 1.54) is 29.8 Å². The second-order valence-electron chi connectivity index (χ2n) is 7.00. The lowest BCUT2D eigenvalue weighted by atomic mass is 9.94. The first-order chi connectivity index (χ1) is 13.5. The average Bonchev–Trinajstić information content (AvgIpc) is 2.68. The van der Waals surface area contributed by atoms with Crippen molar-refractivity contribution < 1.29 is 23.1 Å². The lowest BCUT2D eigenvalue weighted by Crippen LogP contribution is -2.48. The van der Waals surface area contributed by atoms with Gasteiger partial charge in [-0.25, -0.2) is 4.57 Å². The van der Waals surface area contributed by atoms with Crippen LogP contribution < -0.4 is 4.52 Å². The molecule has 0 aromatic heterocycles. The highest BCUT2D eigenvalue weighted by atomic mass is 31.2. The molecule has 0 aliphatic carbocycles. The van der Waals surface area contributed by atoms with Gasteiger partial charge >= 0.3 is 7.82 Å². The fourth-order valence-electron chi connectivity index (χ4n) is 3.51. The predicted octanol–water partition coefficient (Wildman–Crippen LogP) is 4.02. The Morgan fingerprint density at radius 2 is 1.93 bits per heavy atom. The minimum Gasteiger partial charge on any atom is -0.404 e. The van der Waals surface area contributed by atoms with Gasteiger partial charge in [0, 0.05) is 31.1 Å². The SMILES string of the molecule is O=[N+]([O-])c1ccc(OP2(=O)OC[C@H]3CCN(Cc4ccccc4)C[C@@H]3O2)cc1. The topological polar surface area (TPSA) is 91.1 Å². The Morgan fingerprint density at radius 1 is 1.18 bits per heavy atom. The zero-order valence-corrected chi connectivity index (χ0v) is 16.1. The van der Waals surface area contributed by atoms with Gasteiger partial charge in [-0.2, -0.15) is 0 Å². The maximum atomic E-state index is 12.9. The van der Waals surface area contributed by atoms with E-state index in [9.17, 15) is 14.7 Å². The number of piperidine rings is 1. The van der Waals surface area contributed by atoms with Crippen molar-refractivity contribution in [3.05, 3.63) is 70.3 Å². The van der Waals surface area contributed by atoms with Crippen LogP contribution in [0.1, 0.15) is 12.0 Å². The van der Waals surface area contributed by atoms with E-state index in [4.69, 9.17) is 13.6 Å². The molecule has 9 heteroatoms. The Morgan fingerprint density at radius 3 is 2.64 bits per heavy atom. The van der Waals surface area contributed by atoms with Gasteiger partial charge in [0.25, 0.3) is 5.69 Å². The number of hydrogen-bond donors (Lipinski definition) is 0. The lowest BCUT2D eigenvalue weighted by molar-refractivity contribution is -0.384. The molecular formula is C19H21N2O6P. The smallest absolute Gasteiger partial charge is 0.404 e. The van der Waals surface area contributed by atoms with E-state index in [0.717, 1.165) is 19.5 Å². The largest absolute Gasteiger partial charge is 0.530 e. The van der Waals surface area contributed by atoms with Crippen molar-refractivity contribution in [3.63, 3.8) is 0 Å². The zero-order chi connectivity index (χ0) is 19.6. The van der Waals surface area contributed by atoms with E-state index in [1.807, 2.05) is 18.2 Å². The van der Waals surface area contributed by atoms with E-state index in [-0.39, 0.29) is 23.5 Å². The standard InChI is InChI=1S/C19H21N2O6P/c22-21(23)17-6-8-18(9-7-17)26-28(24)25-14-16-10-11-20(13-19(16)27-28)12-15-4-2-1-3-5-15/h1-9,16,19H,10-14H2/t16-,19+,28?/m1/s1. The van der Waals surface area contributed by atoms with Crippen LogP contribution in [0, 0.1) is 16.0 Å². The number of nitro groups is 1. The molecule has 3 atom stereocenters. The van der Waals surface area contributed by atoms with Crippen molar-refractivity contribution in [3.8, 4) is 5.75 Å². The molecule has 0 saturated carbocycles. The number of phosphoric acid groups is 1. The maximum absolute atomic E-state index is 12.9. The molecule has 0 spiro atoms. The Bertz CT molecular complexity index is 876. The third-order valence-electron chi connectivity index (χ3n) is 5.01. The second kappa shape index (κ2) is 8.01. The number of nitrogens with zero attached hydrogens (tertiary/aromatic N) is 2. The molecule has 2 fully saturated rings. The highest BCUT2D eigenvalue weighted by Crippen LogP contribution is 2.55. The summed E-state index contributed by atoms with van der Waals surface area (Å²) in [6.45, 7) is 2.70. The molecule has 4 rings (SSSR count). The van der Waals surface area contributed by atoms with Gasteiger partial charge < -0.3 is 4.52 Å². The summed E-state index contributed by atoms with van der Waals surface area (Å²) in [6, 6.07) is 15.5. The van der Waals surface area contributed by atoms with Crippen LogP contribution >= 0.6 is 7.82 Å². The van der Waals surface area contributed by atoms with E-state index in [2.05, 4.69) is 17.0 Å². The summed E-state index contributed by atoms with van der Waals surface area (Å²) in [6.07, 6.45) is 0.657. The summed E-state index contributed by atoms with van der Waals surface area (Å²) in [5.74, 6) is 0.388. The van der Waals surface area contributed by atoms with Crippen LogP contribution in [0.15, 0.2) is 54.6 Å². The molecule has 2 aromatic carbocycles. The fraction of sp³-hybridized carbons (Fsp3) is 0.368. The number of likely N-dealkylation sites (tertiary alicyclic amines) is 1. The van der Waals surface area contributed by atoms with Crippen molar-refractivity contribution in [2.45, 2.75) is 19.1 Å². The number of rotatable bonds is 5. The van der Waals surface area contributed by atoms with Gasteiger partial charge in [-0.15, -0.1) is 0 Å². The Hall–Kier alpha value is -2.25. The van der Waals surface area contributed by atoms with Gasteiger partial charge in [0.15, 0.2) is 0 Å². The Labute approximate surface area is 162 Å². The second-order valence-corrected chi connectivity index (χ2v) is 8.54. The maximum Gasteiger partial charge on any atom is 0.530 e. The van der Waals surface area contributed by atoms with Crippen molar-refractivity contribution in [1.29, 1.82) is 0 Å². The molecule has 0 bridgehead atoms. The summed E-state index contributed by atoms with van der Waals surface area (Å²) < 4.78 is 29.6. The molecule has 2 aliphatic rings. The van der Waals surface area contributed by atoms with Crippen LogP contribution in [-0.4, -0.2) is 35.6 Å². The Kier molecular flexibility index (Phi) is 5.46. The monoisotopic (exact) mass is 404 g/mol. The van der Waals surface area contributed by atoms with Crippen molar-refractivity contribution in [1.82, 2.24) is 4.90 Å². The van der Waals surface area contributed by atoms with Crippen molar-refractivity contribution >= 4 is 13.5 Å². The summed E-state index contributed by atoms with van der Waals surface area (Å²) in [5, 5.41) is 10.7. The van der Waals surface area contributed by atoms with Crippen LogP contribution in [-0.2, 0) is 20.2 Å². The summed E-state index contributed by atoms with van der Waals surface area (Å²) >= 11 is 0. The molecule has 2 aromatic rings. The number of hydrogen-bond acceptors (Lipinski definition) is 7. The number of non-ortho nitro benzene ring substituents is 1. The molecule has 8 nitrogen and oxygen atoms in total. The molecule has 2 heterocycles. The van der Waals surface area contributed by atoms with Crippen LogP contribution in [0.3, 0.4) is 0 Å². The van der Waals surface area contributed by atoms with Crippen molar-refractivity contribution in [2.24, 2.45) is 5.92 Å². The number of benzene rings is 2. The average molecular weight is 404 g/mol. The van der Waals surface area contributed by atoms with Gasteiger partial charge in [0.2, 0.25) is 0 Å². The fourth-order valence-corrected chi connectivity index (χ4v) is 4.99. The summed E-state index contributed by atoms with van der Waals surface area (Å²) in [4.78, 5) is 12.5. The van der Waals surface area contributed by atoms with Gasteiger partial charge in [-0.05, 0) is 30.7 Å². The number of fused-ring (bicyclic) bond motifs is 1. The first-order valence-electron chi connectivity index (χ1n) is 9.14. The van der Waals surface area contributed by atoms with Crippen LogP contribution in [0.4, 0.5) is 5.69 Å². The molecule has 0 amide bonds. The van der Waals surface area contributed by atoms with E-state index in [0.29, 0.717) is 13.2 Å².